The molecule has 1 N–H and O–H groups in total. The smallest absolute Gasteiger partial charge is 0.224 e. The Labute approximate surface area is 152 Å². The molecule has 2 aromatic carbocycles. The first-order chi connectivity index (χ1) is 12.1. The highest BCUT2D eigenvalue weighted by Crippen LogP contribution is 2.19. The lowest BCUT2D eigenvalue weighted by Gasteiger charge is -2.32. The summed E-state index contributed by atoms with van der Waals surface area (Å²) in [7, 11) is 0. The van der Waals surface area contributed by atoms with Crippen molar-refractivity contribution in [2.75, 3.05) is 13.1 Å². The van der Waals surface area contributed by atoms with Crippen LogP contribution in [-0.2, 0) is 17.9 Å². The Kier molecular flexibility index (Phi) is 6.05. The molecule has 132 valence electrons. The molecule has 0 spiro atoms. The van der Waals surface area contributed by atoms with Crippen molar-refractivity contribution < 1.29 is 9.18 Å². The first kappa shape index (κ1) is 17.9. The van der Waals surface area contributed by atoms with Crippen molar-refractivity contribution in [3.8, 4) is 0 Å². The molecule has 25 heavy (non-hydrogen) atoms. The van der Waals surface area contributed by atoms with E-state index in [1.807, 2.05) is 24.3 Å². The third kappa shape index (κ3) is 5.28. The molecule has 0 aromatic heterocycles. The zero-order chi connectivity index (χ0) is 17.6. The Morgan fingerprint density at radius 1 is 1.12 bits per heavy atom. The van der Waals surface area contributed by atoms with Crippen molar-refractivity contribution in [2.24, 2.45) is 5.92 Å². The molecular formula is C20H22ClFN2O. The van der Waals surface area contributed by atoms with Crippen molar-refractivity contribution >= 4 is 17.5 Å². The number of rotatable bonds is 5. The number of halogens is 2. The van der Waals surface area contributed by atoms with Gasteiger partial charge in [-0.2, -0.15) is 0 Å². The molecule has 1 unspecified atom stereocenters. The SMILES string of the molecule is O=C(NCc1ccc(Cl)cc1)C1CCCN(Cc2ccc(F)cc2)C1. The van der Waals surface area contributed by atoms with E-state index in [2.05, 4.69) is 10.2 Å². The van der Waals surface area contributed by atoms with Gasteiger partial charge >= 0.3 is 0 Å². The van der Waals surface area contributed by atoms with E-state index >= 15 is 0 Å². The number of nitrogens with one attached hydrogen (secondary N) is 1. The fourth-order valence-electron chi connectivity index (χ4n) is 3.20. The van der Waals surface area contributed by atoms with Gasteiger partial charge in [-0.15, -0.1) is 0 Å². The van der Waals surface area contributed by atoms with Crippen LogP contribution in [0, 0.1) is 11.7 Å². The predicted octanol–water partition coefficient (Wildman–Crippen LogP) is 4.01. The fraction of sp³-hybridized carbons (Fsp3) is 0.350. The number of hydrogen-bond acceptors (Lipinski definition) is 2. The number of hydrogen-bond donors (Lipinski definition) is 1. The maximum Gasteiger partial charge on any atom is 0.224 e. The Bertz CT molecular complexity index is 703. The van der Waals surface area contributed by atoms with Crippen molar-refractivity contribution in [1.82, 2.24) is 10.2 Å². The number of carbonyl (C=O) groups is 1. The highest BCUT2D eigenvalue weighted by atomic mass is 35.5. The van der Waals surface area contributed by atoms with Gasteiger partial charge in [0.1, 0.15) is 5.82 Å². The van der Waals surface area contributed by atoms with Crippen molar-refractivity contribution in [3.05, 3.63) is 70.5 Å². The minimum atomic E-state index is -0.221. The number of piperidine rings is 1. The molecule has 1 aliphatic rings. The van der Waals surface area contributed by atoms with Crippen LogP contribution in [0.3, 0.4) is 0 Å². The van der Waals surface area contributed by atoms with Gasteiger partial charge in [-0.3, -0.25) is 9.69 Å². The molecular weight excluding hydrogens is 339 g/mol. The van der Waals surface area contributed by atoms with E-state index in [4.69, 9.17) is 11.6 Å². The van der Waals surface area contributed by atoms with Gasteiger partial charge < -0.3 is 5.32 Å². The molecule has 1 heterocycles. The van der Waals surface area contributed by atoms with E-state index in [0.717, 1.165) is 43.6 Å². The van der Waals surface area contributed by atoms with Crippen LogP contribution in [0.1, 0.15) is 24.0 Å². The largest absolute Gasteiger partial charge is 0.352 e. The van der Waals surface area contributed by atoms with Gasteiger partial charge in [0.05, 0.1) is 5.92 Å². The van der Waals surface area contributed by atoms with Gasteiger partial charge in [0.25, 0.3) is 0 Å². The number of amides is 1. The van der Waals surface area contributed by atoms with Crippen molar-refractivity contribution in [2.45, 2.75) is 25.9 Å². The summed E-state index contributed by atoms with van der Waals surface area (Å²) in [5.74, 6) is -0.123. The molecule has 0 aliphatic carbocycles. The van der Waals surface area contributed by atoms with E-state index < -0.39 is 0 Å². The van der Waals surface area contributed by atoms with Crippen molar-refractivity contribution in [3.63, 3.8) is 0 Å². The molecule has 1 aliphatic heterocycles. The highest BCUT2D eigenvalue weighted by molar-refractivity contribution is 6.30. The number of nitrogens with zero attached hydrogens (tertiary/aromatic N) is 1. The van der Waals surface area contributed by atoms with Crippen LogP contribution >= 0.6 is 11.6 Å². The predicted molar refractivity (Wildman–Crippen MR) is 97.7 cm³/mol. The van der Waals surface area contributed by atoms with Crippen LogP contribution in [0.2, 0.25) is 5.02 Å². The maximum absolute atomic E-state index is 13.0. The summed E-state index contributed by atoms with van der Waals surface area (Å²) in [5, 5.41) is 3.72. The second kappa shape index (κ2) is 8.45. The first-order valence-corrected chi connectivity index (χ1v) is 8.97. The normalized spacial score (nSPS) is 18.1. The van der Waals surface area contributed by atoms with E-state index in [-0.39, 0.29) is 17.6 Å². The molecule has 1 atom stereocenters. The molecule has 0 saturated carbocycles. The molecule has 3 rings (SSSR count). The minimum absolute atomic E-state index is 0.00139. The number of carbonyl (C=O) groups excluding carboxylic acids is 1. The van der Waals surface area contributed by atoms with Crippen LogP contribution < -0.4 is 5.32 Å². The summed E-state index contributed by atoms with van der Waals surface area (Å²) in [6.45, 7) is 2.98. The summed E-state index contributed by atoms with van der Waals surface area (Å²) in [4.78, 5) is 14.7. The Balaban J connectivity index is 1.50. The molecule has 1 saturated heterocycles. The molecule has 1 fully saturated rings. The maximum atomic E-state index is 13.0. The van der Waals surface area contributed by atoms with E-state index in [1.165, 1.54) is 12.1 Å². The molecule has 0 radical (unpaired) electrons. The highest BCUT2D eigenvalue weighted by Gasteiger charge is 2.25. The third-order valence-corrected chi connectivity index (χ3v) is 4.83. The second-order valence-corrected chi connectivity index (χ2v) is 6.98. The molecule has 1 amide bonds. The van der Waals surface area contributed by atoms with Gasteiger partial charge in [-0.25, -0.2) is 4.39 Å². The lowest BCUT2D eigenvalue weighted by Crippen LogP contribution is -2.42. The zero-order valence-electron chi connectivity index (χ0n) is 14.1. The summed E-state index contributed by atoms with van der Waals surface area (Å²) < 4.78 is 13.0. The lowest BCUT2D eigenvalue weighted by atomic mass is 9.96. The second-order valence-electron chi connectivity index (χ2n) is 6.55. The van der Waals surface area contributed by atoms with Crippen LogP contribution in [0.15, 0.2) is 48.5 Å². The Hall–Kier alpha value is -1.91. The lowest BCUT2D eigenvalue weighted by molar-refractivity contribution is -0.126. The van der Waals surface area contributed by atoms with Crippen LogP contribution in [0.5, 0.6) is 0 Å². The Morgan fingerprint density at radius 2 is 1.80 bits per heavy atom. The van der Waals surface area contributed by atoms with Crippen LogP contribution in [0.4, 0.5) is 4.39 Å². The number of benzene rings is 2. The molecule has 2 aromatic rings. The molecule has 0 bridgehead atoms. The van der Waals surface area contributed by atoms with Gasteiger partial charge in [-0.1, -0.05) is 35.9 Å². The van der Waals surface area contributed by atoms with Crippen LogP contribution in [-0.4, -0.2) is 23.9 Å². The van der Waals surface area contributed by atoms with Gasteiger partial charge in [0, 0.05) is 24.7 Å². The quantitative estimate of drug-likeness (QED) is 0.873. The van der Waals surface area contributed by atoms with Gasteiger partial charge in [0.15, 0.2) is 0 Å². The average molecular weight is 361 g/mol. The van der Waals surface area contributed by atoms with Crippen molar-refractivity contribution in [1.29, 1.82) is 0 Å². The van der Waals surface area contributed by atoms with E-state index in [9.17, 15) is 9.18 Å². The topological polar surface area (TPSA) is 32.3 Å². The third-order valence-electron chi connectivity index (χ3n) is 4.58. The summed E-state index contributed by atoms with van der Waals surface area (Å²) >= 11 is 5.87. The van der Waals surface area contributed by atoms with E-state index in [1.54, 1.807) is 12.1 Å². The molecule has 3 nitrogen and oxygen atoms in total. The van der Waals surface area contributed by atoms with Crippen LogP contribution in [0.25, 0.3) is 0 Å². The molecule has 5 heteroatoms. The van der Waals surface area contributed by atoms with Gasteiger partial charge in [0.2, 0.25) is 5.91 Å². The monoisotopic (exact) mass is 360 g/mol. The minimum Gasteiger partial charge on any atom is -0.352 e. The van der Waals surface area contributed by atoms with E-state index in [0.29, 0.717) is 11.6 Å². The zero-order valence-corrected chi connectivity index (χ0v) is 14.8. The number of likely N-dealkylation sites (tertiary alicyclic amines) is 1. The summed E-state index contributed by atoms with van der Waals surface area (Å²) in [6, 6.07) is 14.1. The first-order valence-electron chi connectivity index (χ1n) is 8.59. The Morgan fingerprint density at radius 3 is 2.52 bits per heavy atom. The van der Waals surface area contributed by atoms with Gasteiger partial charge in [-0.05, 0) is 54.8 Å². The average Bonchev–Trinajstić information content (AvgIpc) is 2.63. The fourth-order valence-corrected chi connectivity index (χ4v) is 3.32. The summed E-state index contributed by atoms with van der Waals surface area (Å²) in [5.41, 5.74) is 2.11. The standard InChI is InChI=1S/C20H22ClFN2O/c21-18-7-3-15(4-8-18)12-23-20(25)17-2-1-11-24(14-17)13-16-5-9-19(22)10-6-16/h3-10,17H,1-2,11-14H2,(H,23,25). The summed E-state index contributed by atoms with van der Waals surface area (Å²) in [6.07, 6.45) is 1.91.